The number of amides is 1. The zero-order valence-electron chi connectivity index (χ0n) is 14.3. The SMILES string of the molecule is CN(CC(C)(C)CN)C(=O)c1ccccc1SCc1cccs1.Cl. The summed E-state index contributed by atoms with van der Waals surface area (Å²) in [4.78, 5) is 16.9. The van der Waals surface area contributed by atoms with E-state index in [4.69, 9.17) is 5.73 Å². The van der Waals surface area contributed by atoms with Gasteiger partial charge in [-0.25, -0.2) is 0 Å². The van der Waals surface area contributed by atoms with Crippen LogP contribution >= 0.6 is 35.5 Å². The lowest BCUT2D eigenvalue weighted by Crippen LogP contribution is -2.39. The van der Waals surface area contributed by atoms with Gasteiger partial charge in [-0.15, -0.1) is 35.5 Å². The van der Waals surface area contributed by atoms with Crippen LogP contribution < -0.4 is 5.73 Å². The summed E-state index contributed by atoms with van der Waals surface area (Å²) < 4.78 is 0. The highest BCUT2D eigenvalue weighted by Gasteiger charge is 2.23. The second kappa shape index (κ2) is 9.47. The number of carbonyl (C=O) groups is 1. The number of thiophene rings is 1. The molecule has 6 heteroatoms. The van der Waals surface area contributed by atoms with E-state index in [0.29, 0.717) is 13.1 Å². The highest BCUT2D eigenvalue weighted by Crippen LogP contribution is 2.29. The van der Waals surface area contributed by atoms with E-state index in [0.717, 1.165) is 16.2 Å². The van der Waals surface area contributed by atoms with Crippen LogP contribution in [-0.4, -0.2) is 30.9 Å². The van der Waals surface area contributed by atoms with Crippen LogP contribution in [0.3, 0.4) is 0 Å². The molecule has 0 aliphatic rings. The van der Waals surface area contributed by atoms with Crippen LogP contribution in [0.25, 0.3) is 0 Å². The first-order valence-electron chi connectivity index (χ1n) is 7.63. The molecule has 0 radical (unpaired) electrons. The van der Waals surface area contributed by atoms with Gasteiger partial charge in [0.2, 0.25) is 0 Å². The Morgan fingerprint density at radius 3 is 2.58 bits per heavy atom. The van der Waals surface area contributed by atoms with Gasteiger partial charge in [-0.1, -0.05) is 32.0 Å². The maximum absolute atomic E-state index is 12.8. The van der Waals surface area contributed by atoms with Crippen molar-refractivity contribution in [1.29, 1.82) is 0 Å². The maximum Gasteiger partial charge on any atom is 0.254 e. The molecule has 3 nitrogen and oxygen atoms in total. The summed E-state index contributed by atoms with van der Waals surface area (Å²) in [7, 11) is 1.85. The molecule has 0 spiro atoms. The Hall–Kier alpha value is -1.01. The number of carbonyl (C=O) groups excluding carboxylic acids is 1. The molecule has 1 amide bonds. The fourth-order valence-corrected chi connectivity index (χ4v) is 4.11. The van der Waals surface area contributed by atoms with E-state index in [-0.39, 0.29) is 23.7 Å². The number of nitrogens with two attached hydrogens (primary N) is 1. The molecular weight excluding hydrogens is 360 g/mol. The van der Waals surface area contributed by atoms with E-state index in [1.54, 1.807) is 28.0 Å². The predicted octanol–water partition coefficient (Wildman–Crippen LogP) is 4.52. The molecule has 0 aliphatic carbocycles. The Bertz CT molecular complexity index is 644. The summed E-state index contributed by atoms with van der Waals surface area (Å²) >= 11 is 3.46. The van der Waals surface area contributed by atoms with Crippen molar-refractivity contribution in [2.24, 2.45) is 11.1 Å². The molecule has 2 rings (SSSR count). The third-order valence-corrected chi connectivity index (χ3v) is 5.81. The lowest BCUT2D eigenvalue weighted by Gasteiger charge is -2.29. The van der Waals surface area contributed by atoms with Gasteiger partial charge in [0.25, 0.3) is 5.91 Å². The van der Waals surface area contributed by atoms with E-state index in [1.165, 1.54) is 4.88 Å². The van der Waals surface area contributed by atoms with Crippen LogP contribution in [0.15, 0.2) is 46.7 Å². The number of hydrogen-bond acceptors (Lipinski definition) is 4. The fraction of sp³-hybridized carbons (Fsp3) is 0.389. The molecular formula is C18H25ClN2OS2. The molecule has 1 heterocycles. The third kappa shape index (κ3) is 5.81. The highest BCUT2D eigenvalue weighted by molar-refractivity contribution is 7.98. The van der Waals surface area contributed by atoms with Crippen molar-refractivity contribution < 1.29 is 4.79 Å². The van der Waals surface area contributed by atoms with Gasteiger partial charge in [-0.3, -0.25) is 4.79 Å². The van der Waals surface area contributed by atoms with Crippen molar-refractivity contribution in [1.82, 2.24) is 4.90 Å². The van der Waals surface area contributed by atoms with Crippen LogP contribution in [0.5, 0.6) is 0 Å². The second-order valence-electron chi connectivity index (χ2n) is 6.39. The van der Waals surface area contributed by atoms with Gasteiger partial charge >= 0.3 is 0 Å². The van der Waals surface area contributed by atoms with Crippen LogP contribution in [0.1, 0.15) is 29.1 Å². The molecule has 2 aromatic rings. The Morgan fingerprint density at radius 1 is 1.25 bits per heavy atom. The molecule has 132 valence electrons. The van der Waals surface area contributed by atoms with Gasteiger partial charge in [0.05, 0.1) is 5.56 Å². The van der Waals surface area contributed by atoms with Gasteiger partial charge in [-0.2, -0.15) is 0 Å². The van der Waals surface area contributed by atoms with Gasteiger partial charge < -0.3 is 10.6 Å². The van der Waals surface area contributed by atoms with E-state index >= 15 is 0 Å². The van der Waals surface area contributed by atoms with Crippen LogP contribution in [0.4, 0.5) is 0 Å². The Labute approximate surface area is 159 Å². The van der Waals surface area contributed by atoms with E-state index in [1.807, 2.05) is 31.3 Å². The first kappa shape index (κ1) is 21.0. The highest BCUT2D eigenvalue weighted by atomic mass is 35.5. The van der Waals surface area contributed by atoms with E-state index < -0.39 is 0 Å². The molecule has 0 unspecified atom stereocenters. The number of nitrogens with zero attached hydrogens (tertiary/aromatic N) is 1. The van der Waals surface area contributed by atoms with Crippen molar-refractivity contribution in [3.63, 3.8) is 0 Å². The normalized spacial score (nSPS) is 11.0. The van der Waals surface area contributed by atoms with Crippen LogP contribution in [0.2, 0.25) is 0 Å². The molecule has 0 saturated heterocycles. The van der Waals surface area contributed by atoms with E-state index in [9.17, 15) is 4.79 Å². The lowest BCUT2D eigenvalue weighted by molar-refractivity contribution is 0.0737. The fourth-order valence-electron chi connectivity index (χ4n) is 2.30. The topological polar surface area (TPSA) is 46.3 Å². The molecule has 0 atom stereocenters. The summed E-state index contributed by atoms with van der Waals surface area (Å²) in [6.07, 6.45) is 0. The number of rotatable bonds is 7. The molecule has 0 saturated carbocycles. The maximum atomic E-state index is 12.8. The minimum absolute atomic E-state index is 0. The first-order valence-corrected chi connectivity index (χ1v) is 9.49. The monoisotopic (exact) mass is 384 g/mol. The van der Waals surface area contributed by atoms with Gasteiger partial charge in [0, 0.05) is 29.1 Å². The zero-order valence-corrected chi connectivity index (χ0v) is 16.8. The smallest absolute Gasteiger partial charge is 0.254 e. The summed E-state index contributed by atoms with van der Waals surface area (Å²) in [6.45, 7) is 5.36. The van der Waals surface area contributed by atoms with Crippen molar-refractivity contribution in [3.05, 3.63) is 52.2 Å². The number of halogens is 1. The Balaban J connectivity index is 0.00000288. The van der Waals surface area contributed by atoms with Gasteiger partial charge in [0.1, 0.15) is 0 Å². The van der Waals surface area contributed by atoms with Crippen LogP contribution in [-0.2, 0) is 5.75 Å². The number of thioether (sulfide) groups is 1. The van der Waals surface area contributed by atoms with E-state index in [2.05, 4.69) is 31.4 Å². The zero-order chi connectivity index (χ0) is 16.9. The third-order valence-electron chi connectivity index (χ3n) is 3.63. The van der Waals surface area contributed by atoms with Crippen molar-refractivity contribution in [2.45, 2.75) is 24.5 Å². The van der Waals surface area contributed by atoms with Crippen molar-refractivity contribution in [3.8, 4) is 0 Å². The Morgan fingerprint density at radius 2 is 1.96 bits per heavy atom. The average Bonchev–Trinajstić information content (AvgIpc) is 3.05. The molecule has 0 aliphatic heterocycles. The summed E-state index contributed by atoms with van der Waals surface area (Å²) in [5, 5.41) is 2.08. The molecule has 24 heavy (non-hydrogen) atoms. The molecule has 1 aromatic heterocycles. The Kier molecular flexibility index (Phi) is 8.30. The molecule has 2 N–H and O–H groups in total. The second-order valence-corrected chi connectivity index (χ2v) is 8.44. The lowest BCUT2D eigenvalue weighted by atomic mass is 9.93. The minimum Gasteiger partial charge on any atom is -0.341 e. The van der Waals surface area contributed by atoms with Gasteiger partial charge in [-0.05, 0) is 35.5 Å². The largest absolute Gasteiger partial charge is 0.341 e. The first-order chi connectivity index (χ1) is 10.9. The summed E-state index contributed by atoms with van der Waals surface area (Å²) in [6, 6.07) is 12.0. The summed E-state index contributed by atoms with van der Waals surface area (Å²) in [5.74, 6) is 0.945. The number of hydrogen-bond donors (Lipinski definition) is 1. The van der Waals surface area contributed by atoms with Crippen molar-refractivity contribution in [2.75, 3.05) is 20.1 Å². The number of benzene rings is 1. The predicted molar refractivity (Wildman–Crippen MR) is 107 cm³/mol. The molecule has 0 bridgehead atoms. The average molecular weight is 385 g/mol. The van der Waals surface area contributed by atoms with Crippen LogP contribution in [0, 0.1) is 5.41 Å². The minimum atomic E-state index is -0.0799. The van der Waals surface area contributed by atoms with Gasteiger partial charge in [0.15, 0.2) is 0 Å². The molecule has 0 fully saturated rings. The molecule has 1 aromatic carbocycles. The van der Waals surface area contributed by atoms with Crippen molar-refractivity contribution >= 4 is 41.4 Å². The quantitative estimate of drug-likeness (QED) is 0.714. The summed E-state index contributed by atoms with van der Waals surface area (Å²) in [5.41, 5.74) is 6.47. The standard InChI is InChI=1S/C18H24N2OS2.ClH/c1-18(2,12-19)13-20(3)17(21)15-8-4-5-9-16(15)23-11-14-7-6-10-22-14;/h4-10H,11-13,19H2,1-3H3;1H.